The SMILES string of the molecule is Cc1ccccc1-n1cnnc1SCC(=O)NC1(C#N)CCCCC1. The molecule has 1 heterocycles. The molecule has 1 aliphatic rings. The van der Waals surface area contributed by atoms with Gasteiger partial charge in [-0.25, -0.2) is 0 Å². The summed E-state index contributed by atoms with van der Waals surface area (Å²) >= 11 is 1.33. The van der Waals surface area contributed by atoms with Crippen molar-refractivity contribution in [3.63, 3.8) is 0 Å². The minimum atomic E-state index is -0.695. The zero-order valence-electron chi connectivity index (χ0n) is 14.2. The lowest BCUT2D eigenvalue weighted by Gasteiger charge is -2.31. The number of rotatable bonds is 5. The van der Waals surface area contributed by atoms with E-state index in [0.717, 1.165) is 43.4 Å². The Labute approximate surface area is 151 Å². The molecule has 0 spiro atoms. The van der Waals surface area contributed by atoms with E-state index in [1.807, 2.05) is 35.8 Å². The Morgan fingerprint density at radius 1 is 1.36 bits per heavy atom. The maximum absolute atomic E-state index is 12.3. The van der Waals surface area contributed by atoms with Gasteiger partial charge in [0.15, 0.2) is 5.16 Å². The van der Waals surface area contributed by atoms with Crippen LogP contribution in [0.2, 0.25) is 0 Å². The molecule has 0 unspecified atom stereocenters. The third-order valence-electron chi connectivity index (χ3n) is 4.52. The fraction of sp³-hybridized carbons (Fsp3) is 0.444. The summed E-state index contributed by atoms with van der Waals surface area (Å²) in [6, 6.07) is 10.3. The number of aryl methyl sites for hydroxylation is 1. The van der Waals surface area contributed by atoms with Crippen molar-refractivity contribution >= 4 is 17.7 Å². The molecule has 0 radical (unpaired) electrons. The molecular formula is C18H21N5OS. The smallest absolute Gasteiger partial charge is 0.231 e. The van der Waals surface area contributed by atoms with Crippen LogP contribution in [0.15, 0.2) is 35.7 Å². The number of benzene rings is 1. The number of carbonyl (C=O) groups excluding carboxylic acids is 1. The largest absolute Gasteiger partial charge is 0.337 e. The summed E-state index contributed by atoms with van der Waals surface area (Å²) < 4.78 is 1.88. The predicted molar refractivity (Wildman–Crippen MR) is 96.4 cm³/mol. The molecule has 7 heteroatoms. The average Bonchev–Trinajstić information content (AvgIpc) is 3.09. The van der Waals surface area contributed by atoms with Gasteiger partial charge in [-0.1, -0.05) is 49.2 Å². The number of thioether (sulfide) groups is 1. The molecule has 1 aliphatic carbocycles. The Hall–Kier alpha value is -2.33. The molecule has 1 N–H and O–H groups in total. The Morgan fingerprint density at radius 2 is 2.12 bits per heavy atom. The Bertz CT molecular complexity index is 789. The zero-order chi connectivity index (χ0) is 17.7. The highest BCUT2D eigenvalue weighted by Crippen LogP contribution is 2.28. The van der Waals surface area contributed by atoms with Crippen LogP contribution in [0.1, 0.15) is 37.7 Å². The normalized spacial score (nSPS) is 16.2. The lowest BCUT2D eigenvalue weighted by atomic mass is 9.83. The number of hydrogen-bond donors (Lipinski definition) is 1. The van der Waals surface area contributed by atoms with Crippen molar-refractivity contribution in [1.29, 1.82) is 5.26 Å². The summed E-state index contributed by atoms with van der Waals surface area (Å²) in [4.78, 5) is 12.3. The molecule has 3 rings (SSSR count). The second kappa shape index (κ2) is 7.70. The molecule has 6 nitrogen and oxygen atoms in total. The number of nitrogens with one attached hydrogen (secondary N) is 1. The number of aromatic nitrogens is 3. The van der Waals surface area contributed by atoms with Gasteiger partial charge in [0.25, 0.3) is 0 Å². The molecule has 1 aromatic heterocycles. The molecule has 0 atom stereocenters. The van der Waals surface area contributed by atoms with Crippen LogP contribution >= 0.6 is 11.8 Å². The van der Waals surface area contributed by atoms with Crippen LogP contribution in [0.4, 0.5) is 0 Å². The molecule has 1 saturated carbocycles. The van der Waals surface area contributed by atoms with E-state index in [9.17, 15) is 10.1 Å². The third-order valence-corrected chi connectivity index (χ3v) is 5.47. The highest BCUT2D eigenvalue weighted by atomic mass is 32.2. The average molecular weight is 355 g/mol. The summed E-state index contributed by atoms with van der Waals surface area (Å²) in [7, 11) is 0. The van der Waals surface area contributed by atoms with E-state index in [1.165, 1.54) is 11.8 Å². The fourth-order valence-corrected chi connectivity index (χ4v) is 3.90. The predicted octanol–water partition coefficient (Wildman–Crippen LogP) is 3.01. The van der Waals surface area contributed by atoms with Gasteiger partial charge in [-0.2, -0.15) is 5.26 Å². The van der Waals surface area contributed by atoms with E-state index in [4.69, 9.17) is 0 Å². The van der Waals surface area contributed by atoms with Crippen LogP contribution in [-0.2, 0) is 4.79 Å². The van der Waals surface area contributed by atoms with Crippen molar-refractivity contribution in [3.8, 4) is 11.8 Å². The standard InChI is InChI=1S/C18H21N5OS/c1-14-7-3-4-8-15(14)23-13-20-22-17(23)25-11-16(24)21-18(12-19)9-5-2-6-10-18/h3-4,7-8,13H,2,5-6,9-11H2,1H3,(H,21,24). The number of amides is 1. The molecule has 1 fully saturated rings. The van der Waals surface area contributed by atoms with E-state index in [1.54, 1.807) is 6.33 Å². The van der Waals surface area contributed by atoms with Gasteiger partial charge in [0, 0.05) is 0 Å². The minimum Gasteiger partial charge on any atom is -0.337 e. The van der Waals surface area contributed by atoms with Crippen molar-refractivity contribution in [2.24, 2.45) is 0 Å². The topological polar surface area (TPSA) is 83.6 Å². The van der Waals surface area contributed by atoms with Crippen LogP contribution in [0, 0.1) is 18.3 Å². The second-order valence-electron chi connectivity index (χ2n) is 6.36. The maximum atomic E-state index is 12.3. The summed E-state index contributed by atoms with van der Waals surface area (Å²) in [5, 5.41) is 21.2. The highest BCUT2D eigenvalue weighted by molar-refractivity contribution is 7.99. The van der Waals surface area contributed by atoms with Gasteiger partial charge in [-0.3, -0.25) is 9.36 Å². The first-order valence-electron chi connectivity index (χ1n) is 8.45. The molecule has 2 aromatic rings. The number of para-hydroxylation sites is 1. The maximum Gasteiger partial charge on any atom is 0.231 e. The second-order valence-corrected chi connectivity index (χ2v) is 7.30. The van der Waals surface area contributed by atoms with Crippen LogP contribution in [-0.4, -0.2) is 32.0 Å². The van der Waals surface area contributed by atoms with Crippen molar-refractivity contribution in [2.75, 3.05) is 5.75 Å². The number of carbonyl (C=O) groups is 1. The van der Waals surface area contributed by atoms with Crippen molar-refractivity contribution < 1.29 is 4.79 Å². The third kappa shape index (κ3) is 4.02. The molecule has 25 heavy (non-hydrogen) atoms. The first-order chi connectivity index (χ1) is 12.1. The van der Waals surface area contributed by atoms with E-state index in [2.05, 4.69) is 21.6 Å². The summed E-state index contributed by atoms with van der Waals surface area (Å²) in [5.74, 6) is 0.0846. The first kappa shape index (κ1) is 17.5. The van der Waals surface area contributed by atoms with Crippen LogP contribution in [0.3, 0.4) is 0 Å². The van der Waals surface area contributed by atoms with Crippen LogP contribution in [0.5, 0.6) is 0 Å². The van der Waals surface area contributed by atoms with Gasteiger partial charge in [0.2, 0.25) is 5.91 Å². The van der Waals surface area contributed by atoms with Crippen LogP contribution < -0.4 is 5.32 Å². The number of nitrogens with zero attached hydrogens (tertiary/aromatic N) is 4. The van der Waals surface area contributed by atoms with E-state index >= 15 is 0 Å². The lowest BCUT2D eigenvalue weighted by molar-refractivity contribution is -0.120. The van der Waals surface area contributed by atoms with E-state index < -0.39 is 5.54 Å². The Kier molecular flexibility index (Phi) is 5.39. The summed E-state index contributed by atoms with van der Waals surface area (Å²) in [5.41, 5.74) is 1.41. The molecule has 0 aliphatic heterocycles. The van der Waals surface area contributed by atoms with Crippen molar-refractivity contribution in [2.45, 2.75) is 49.7 Å². The van der Waals surface area contributed by atoms with Crippen LogP contribution in [0.25, 0.3) is 5.69 Å². The van der Waals surface area contributed by atoms with Crippen molar-refractivity contribution in [1.82, 2.24) is 20.1 Å². The van der Waals surface area contributed by atoms with Gasteiger partial charge in [0.05, 0.1) is 17.5 Å². The van der Waals surface area contributed by atoms with E-state index in [-0.39, 0.29) is 11.7 Å². The molecule has 1 aromatic carbocycles. The Balaban J connectivity index is 1.65. The molecule has 130 valence electrons. The van der Waals surface area contributed by atoms with Crippen molar-refractivity contribution in [3.05, 3.63) is 36.2 Å². The molecule has 0 saturated heterocycles. The fourth-order valence-electron chi connectivity index (χ4n) is 3.17. The number of hydrogen-bond acceptors (Lipinski definition) is 5. The molecule has 0 bridgehead atoms. The highest BCUT2D eigenvalue weighted by Gasteiger charge is 2.33. The zero-order valence-corrected chi connectivity index (χ0v) is 15.1. The molecular weight excluding hydrogens is 334 g/mol. The summed E-state index contributed by atoms with van der Waals surface area (Å²) in [6.45, 7) is 2.02. The van der Waals surface area contributed by atoms with Gasteiger partial charge >= 0.3 is 0 Å². The van der Waals surface area contributed by atoms with Gasteiger partial charge in [-0.15, -0.1) is 10.2 Å². The quantitative estimate of drug-likeness (QED) is 0.834. The number of nitriles is 1. The van der Waals surface area contributed by atoms with Gasteiger partial charge in [-0.05, 0) is 31.4 Å². The Morgan fingerprint density at radius 3 is 2.84 bits per heavy atom. The van der Waals surface area contributed by atoms with E-state index in [0.29, 0.717) is 5.16 Å². The molecule has 1 amide bonds. The van der Waals surface area contributed by atoms with Gasteiger partial charge in [0.1, 0.15) is 11.9 Å². The lowest BCUT2D eigenvalue weighted by Crippen LogP contribution is -2.49. The summed E-state index contributed by atoms with van der Waals surface area (Å²) in [6.07, 6.45) is 6.23. The van der Waals surface area contributed by atoms with Gasteiger partial charge < -0.3 is 5.32 Å². The minimum absolute atomic E-state index is 0.132. The monoisotopic (exact) mass is 355 g/mol. The first-order valence-corrected chi connectivity index (χ1v) is 9.43.